The molecule has 4 N–H and O–H groups in total. The molecular formula is C19H46O4. The van der Waals surface area contributed by atoms with Crippen molar-refractivity contribution in [2.24, 2.45) is 0 Å². The Labute approximate surface area is 146 Å². The number of aliphatic hydroxyl groups excluding tert-OH is 4. The molecule has 0 rings (SSSR count). The molecule has 1 unspecified atom stereocenters. The van der Waals surface area contributed by atoms with E-state index in [1.54, 1.807) is 0 Å². The van der Waals surface area contributed by atoms with E-state index >= 15 is 0 Å². The van der Waals surface area contributed by atoms with E-state index in [9.17, 15) is 0 Å². The van der Waals surface area contributed by atoms with Crippen molar-refractivity contribution in [2.75, 3.05) is 19.8 Å². The topological polar surface area (TPSA) is 80.9 Å². The van der Waals surface area contributed by atoms with Gasteiger partial charge in [0.15, 0.2) is 0 Å². The lowest BCUT2D eigenvalue weighted by Crippen LogP contribution is -1.97. The van der Waals surface area contributed by atoms with Crippen molar-refractivity contribution in [3.8, 4) is 0 Å². The summed E-state index contributed by atoms with van der Waals surface area (Å²) >= 11 is 0. The van der Waals surface area contributed by atoms with Gasteiger partial charge in [0.2, 0.25) is 0 Å². The van der Waals surface area contributed by atoms with Gasteiger partial charge in [0.1, 0.15) is 0 Å². The fourth-order valence-electron chi connectivity index (χ4n) is 1.23. The third kappa shape index (κ3) is 73.2. The second-order valence-corrected chi connectivity index (χ2v) is 5.58. The van der Waals surface area contributed by atoms with Gasteiger partial charge in [0, 0.05) is 19.8 Å². The van der Waals surface area contributed by atoms with Gasteiger partial charge in [0.05, 0.1) is 6.10 Å². The minimum Gasteiger partial charge on any atom is -0.396 e. The number of hydrogen-bond acceptors (Lipinski definition) is 4. The fraction of sp³-hybridized carbons (Fsp3) is 1.00. The molecule has 146 valence electrons. The first kappa shape index (κ1) is 30.7. The van der Waals surface area contributed by atoms with Gasteiger partial charge in [-0.1, -0.05) is 66.2 Å². The molecule has 0 aliphatic rings. The molecule has 0 aromatic rings. The first-order valence-corrected chi connectivity index (χ1v) is 9.52. The van der Waals surface area contributed by atoms with Gasteiger partial charge >= 0.3 is 0 Å². The Morgan fingerprint density at radius 2 is 0.957 bits per heavy atom. The SMILES string of the molecule is CCCCCCC(C)O.CCCCCO.CCCO.CCCO. The zero-order valence-electron chi connectivity index (χ0n) is 16.6. The van der Waals surface area contributed by atoms with E-state index in [1.807, 2.05) is 20.8 Å². The molecule has 0 aliphatic heterocycles. The zero-order valence-corrected chi connectivity index (χ0v) is 16.6. The van der Waals surface area contributed by atoms with Crippen LogP contribution in [0.15, 0.2) is 0 Å². The monoisotopic (exact) mass is 338 g/mol. The van der Waals surface area contributed by atoms with Gasteiger partial charge < -0.3 is 20.4 Å². The van der Waals surface area contributed by atoms with E-state index < -0.39 is 0 Å². The molecule has 0 aliphatic carbocycles. The molecule has 0 fully saturated rings. The predicted octanol–water partition coefficient (Wildman–Crippen LogP) is 4.28. The molecule has 23 heavy (non-hydrogen) atoms. The summed E-state index contributed by atoms with van der Waals surface area (Å²) in [4.78, 5) is 0. The van der Waals surface area contributed by atoms with Crippen LogP contribution in [-0.4, -0.2) is 46.4 Å². The molecule has 0 bridgehead atoms. The van der Waals surface area contributed by atoms with E-state index in [4.69, 9.17) is 20.4 Å². The van der Waals surface area contributed by atoms with E-state index in [0.717, 1.165) is 32.1 Å². The van der Waals surface area contributed by atoms with Crippen LogP contribution in [0, 0.1) is 0 Å². The molecule has 0 amide bonds. The molecule has 0 aromatic heterocycles. The first-order chi connectivity index (χ1) is 11.0. The van der Waals surface area contributed by atoms with E-state index in [0.29, 0.717) is 19.8 Å². The summed E-state index contributed by atoms with van der Waals surface area (Å²) in [6, 6.07) is 0. The minimum absolute atomic E-state index is 0.0955. The lowest BCUT2D eigenvalue weighted by Gasteiger charge is -2.01. The second-order valence-electron chi connectivity index (χ2n) is 5.58. The Hall–Kier alpha value is -0.160. The fourth-order valence-corrected chi connectivity index (χ4v) is 1.23. The summed E-state index contributed by atoms with van der Waals surface area (Å²) in [6.07, 6.45) is 11.0. The first-order valence-electron chi connectivity index (χ1n) is 9.52. The van der Waals surface area contributed by atoms with Gasteiger partial charge in [0.25, 0.3) is 0 Å². The average Bonchev–Trinajstić information content (AvgIpc) is 2.57. The summed E-state index contributed by atoms with van der Waals surface area (Å²) in [7, 11) is 0. The second kappa shape index (κ2) is 37.8. The van der Waals surface area contributed by atoms with Gasteiger partial charge in [-0.3, -0.25) is 0 Å². The van der Waals surface area contributed by atoms with Crippen LogP contribution in [0.1, 0.15) is 98.8 Å². The molecule has 0 radical (unpaired) electrons. The highest BCUT2D eigenvalue weighted by Gasteiger charge is 1.93. The number of aliphatic hydroxyl groups is 4. The standard InChI is InChI=1S/C8H18O.C5H12O.2C3H8O/c1-3-4-5-6-7-8(2)9;1-2-3-4-5-6;2*1-2-3-4/h8-9H,3-7H2,1-2H3;6H,2-5H2,1H3;2*4H,2-3H2,1H3. The van der Waals surface area contributed by atoms with Crippen LogP contribution in [0.3, 0.4) is 0 Å². The highest BCUT2D eigenvalue weighted by atomic mass is 16.3. The molecule has 0 heterocycles. The lowest BCUT2D eigenvalue weighted by molar-refractivity contribution is 0.180. The summed E-state index contributed by atoms with van der Waals surface area (Å²) in [5.41, 5.74) is 0. The van der Waals surface area contributed by atoms with Crippen LogP contribution in [0.2, 0.25) is 0 Å². The number of hydrogen-bond donors (Lipinski definition) is 4. The predicted molar refractivity (Wildman–Crippen MR) is 102 cm³/mol. The molecule has 0 saturated heterocycles. The van der Waals surface area contributed by atoms with Gasteiger partial charge in [-0.2, -0.15) is 0 Å². The van der Waals surface area contributed by atoms with Gasteiger partial charge in [-0.15, -0.1) is 0 Å². The zero-order chi connectivity index (χ0) is 18.8. The molecule has 4 nitrogen and oxygen atoms in total. The van der Waals surface area contributed by atoms with Crippen LogP contribution < -0.4 is 0 Å². The van der Waals surface area contributed by atoms with E-state index in [-0.39, 0.29) is 6.10 Å². The third-order valence-corrected chi connectivity index (χ3v) is 2.68. The van der Waals surface area contributed by atoms with Crippen molar-refractivity contribution in [2.45, 2.75) is 105 Å². The minimum atomic E-state index is -0.0955. The Morgan fingerprint density at radius 1 is 0.565 bits per heavy atom. The summed E-state index contributed by atoms with van der Waals surface area (Å²) in [5.74, 6) is 0. The molecule has 4 heteroatoms. The summed E-state index contributed by atoms with van der Waals surface area (Å²) < 4.78 is 0. The Bertz CT molecular complexity index is 129. The molecular weight excluding hydrogens is 292 g/mol. The van der Waals surface area contributed by atoms with E-state index in [1.165, 1.54) is 32.1 Å². The Kier molecular flexibility index (Phi) is 50.4. The van der Waals surface area contributed by atoms with Crippen molar-refractivity contribution in [3.05, 3.63) is 0 Å². The Balaban J connectivity index is -0.000000112. The average molecular weight is 339 g/mol. The maximum Gasteiger partial charge on any atom is 0.0512 e. The molecule has 0 spiro atoms. The smallest absolute Gasteiger partial charge is 0.0512 e. The van der Waals surface area contributed by atoms with E-state index in [2.05, 4.69) is 13.8 Å². The van der Waals surface area contributed by atoms with Crippen LogP contribution in [0.4, 0.5) is 0 Å². The Morgan fingerprint density at radius 3 is 1.17 bits per heavy atom. The maximum atomic E-state index is 8.85. The van der Waals surface area contributed by atoms with Crippen LogP contribution in [-0.2, 0) is 0 Å². The molecule has 0 aromatic carbocycles. The third-order valence-electron chi connectivity index (χ3n) is 2.68. The van der Waals surface area contributed by atoms with Gasteiger partial charge in [-0.05, 0) is 32.6 Å². The maximum absolute atomic E-state index is 8.85. The van der Waals surface area contributed by atoms with Crippen molar-refractivity contribution < 1.29 is 20.4 Å². The van der Waals surface area contributed by atoms with Crippen LogP contribution in [0.5, 0.6) is 0 Å². The van der Waals surface area contributed by atoms with Crippen molar-refractivity contribution >= 4 is 0 Å². The molecule has 0 saturated carbocycles. The highest BCUT2D eigenvalue weighted by molar-refractivity contribution is 4.47. The lowest BCUT2D eigenvalue weighted by atomic mass is 10.1. The quantitative estimate of drug-likeness (QED) is 0.448. The number of rotatable bonds is 10. The summed E-state index contributed by atoms with van der Waals surface area (Å²) in [5, 5.41) is 32.8. The largest absolute Gasteiger partial charge is 0.396 e. The summed E-state index contributed by atoms with van der Waals surface area (Å²) in [6.45, 7) is 11.0. The molecule has 1 atom stereocenters. The van der Waals surface area contributed by atoms with Crippen molar-refractivity contribution in [1.82, 2.24) is 0 Å². The van der Waals surface area contributed by atoms with Gasteiger partial charge in [-0.25, -0.2) is 0 Å². The van der Waals surface area contributed by atoms with Crippen LogP contribution in [0.25, 0.3) is 0 Å². The van der Waals surface area contributed by atoms with Crippen molar-refractivity contribution in [3.63, 3.8) is 0 Å². The van der Waals surface area contributed by atoms with Crippen molar-refractivity contribution in [1.29, 1.82) is 0 Å². The van der Waals surface area contributed by atoms with Crippen LogP contribution >= 0.6 is 0 Å². The highest BCUT2D eigenvalue weighted by Crippen LogP contribution is 2.04. The number of unbranched alkanes of at least 4 members (excludes halogenated alkanes) is 5. The normalized spacial score (nSPS) is 10.3.